The molecule has 14 rings (SSSR count). The van der Waals surface area contributed by atoms with E-state index in [1.54, 1.807) is 11.1 Å². The Morgan fingerprint density at radius 2 is 1.08 bits per heavy atom. The fraction of sp³-hybridized carbons (Fsp3) is 0.246. The molecular weight excluding hydrogens is 747 g/mol. The maximum atomic E-state index is 2.65. The van der Waals surface area contributed by atoms with Crippen molar-refractivity contribution in [1.82, 2.24) is 0 Å². The van der Waals surface area contributed by atoms with Crippen molar-refractivity contribution in [3.63, 3.8) is 0 Å². The predicted molar refractivity (Wildman–Crippen MR) is 258 cm³/mol. The molecule has 0 saturated heterocycles. The van der Waals surface area contributed by atoms with E-state index in [-0.39, 0.29) is 5.41 Å². The lowest BCUT2D eigenvalue weighted by Crippen LogP contribution is -2.48. The molecule has 0 heterocycles. The van der Waals surface area contributed by atoms with Crippen LogP contribution in [0.4, 0.5) is 17.1 Å². The lowest BCUT2D eigenvalue weighted by Gasteiger charge is -2.57. The van der Waals surface area contributed by atoms with Crippen LogP contribution in [0.2, 0.25) is 0 Å². The molecule has 6 aliphatic carbocycles. The summed E-state index contributed by atoms with van der Waals surface area (Å²) in [5, 5.41) is 2.60. The molecule has 4 fully saturated rings. The number of nitrogens with zero attached hydrogens (tertiary/aromatic N) is 1. The number of aryl methyl sites for hydroxylation is 1. The number of para-hydroxylation sites is 1. The Kier molecular flexibility index (Phi) is 8.34. The lowest BCUT2D eigenvalue weighted by atomic mass is 9.48. The first-order chi connectivity index (χ1) is 30.7. The zero-order valence-corrected chi connectivity index (χ0v) is 35.6. The number of hydrogen-bond acceptors (Lipinski definition) is 1. The van der Waals surface area contributed by atoms with Gasteiger partial charge in [-0.05, 0) is 190 Å². The molecule has 0 atom stereocenters. The SMILES string of the molecule is c1ccc(C2(c3ccccc3)c3cc(N(c4ccc(-c5cccc6c5CCCC6)cc4)c4ccccc4C45CC6CC(CC(C6)C4)C5)ccc3-c3ccc4ccccc4c32)cc1. The van der Waals surface area contributed by atoms with Crippen molar-refractivity contribution in [3.05, 3.63) is 221 Å². The van der Waals surface area contributed by atoms with Gasteiger partial charge >= 0.3 is 0 Å². The fourth-order valence-electron chi connectivity index (χ4n) is 14.2. The second-order valence-electron chi connectivity index (χ2n) is 19.7. The van der Waals surface area contributed by atoms with E-state index in [0.29, 0.717) is 0 Å². The van der Waals surface area contributed by atoms with E-state index < -0.39 is 5.41 Å². The summed E-state index contributed by atoms with van der Waals surface area (Å²) in [6.07, 6.45) is 13.3. The van der Waals surface area contributed by atoms with E-state index in [1.807, 2.05) is 0 Å². The van der Waals surface area contributed by atoms with Crippen LogP contribution in [-0.4, -0.2) is 0 Å². The zero-order chi connectivity index (χ0) is 40.8. The molecule has 4 saturated carbocycles. The van der Waals surface area contributed by atoms with Crippen molar-refractivity contribution in [3.8, 4) is 22.3 Å². The van der Waals surface area contributed by atoms with Gasteiger partial charge in [-0.15, -0.1) is 0 Å². The van der Waals surface area contributed by atoms with Crippen molar-refractivity contribution in [1.29, 1.82) is 0 Å². The van der Waals surface area contributed by atoms with Gasteiger partial charge < -0.3 is 4.90 Å². The molecule has 302 valence electrons. The van der Waals surface area contributed by atoms with Crippen LogP contribution in [0.5, 0.6) is 0 Å². The Balaban J connectivity index is 1.05. The highest BCUT2D eigenvalue weighted by Crippen LogP contribution is 2.63. The van der Waals surface area contributed by atoms with Gasteiger partial charge in [-0.2, -0.15) is 0 Å². The molecule has 0 amide bonds. The van der Waals surface area contributed by atoms with E-state index in [1.165, 1.54) is 142 Å². The van der Waals surface area contributed by atoms with Gasteiger partial charge in [0.1, 0.15) is 0 Å². The van der Waals surface area contributed by atoms with Crippen molar-refractivity contribution in [2.45, 2.75) is 75.0 Å². The molecule has 6 aliphatic rings. The number of rotatable bonds is 7. The second kappa shape index (κ2) is 14.2. The summed E-state index contributed by atoms with van der Waals surface area (Å²) in [5.74, 6) is 2.60. The normalized spacial score (nSPS) is 22.5. The summed E-state index contributed by atoms with van der Waals surface area (Å²) in [6.45, 7) is 0. The molecule has 4 bridgehead atoms. The largest absolute Gasteiger partial charge is 0.310 e. The van der Waals surface area contributed by atoms with Crippen LogP contribution >= 0.6 is 0 Å². The average molecular weight is 800 g/mol. The summed E-state index contributed by atoms with van der Waals surface area (Å²) < 4.78 is 0. The molecule has 8 aromatic carbocycles. The van der Waals surface area contributed by atoms with Crippen molar-refractivity contribution in [2.75, 3.05) is 4.90 Å². The van der Waals surface area contributed by atoms with Crippen LogP contribution in [0.3, 0.4) is 0 Å². The first kappa shape index (κ1) is 36.5. The smallest absolute Gasteiger partial charge is 0.0720 e. The third kappa shape index (κ3) is 5.46. The Morgan fingerprint density at radius 1 is 0.452 bits per heavy atom. The molecule has 0 radical (unpaired) electrons. The monoisotopic (exact) mass is 799 g/mol. The summed E-state index contributed by atoms with van der Waals surface area (Å²) in [6, 6.07) is 70.2. The Labute approximate surface area is 367 Å². The van der Waals surface area contributed by atoms with Crippen molar-refractivity contribution >= 4 is 27.8 Å². The number of benzene rings is 8. The number of fused-ring (bicyclic) bond motifs is 6. The fourth-order valence-corrected chi connectivity index (χ4v) is 14.2. The van der Waals surface area contributed by atoms with Gasteiger partial charge in [0, 0.05) is 17.1 Å². The summed E-state index contributed by atoms with van der Waals surface area (Å²) in [4.78, 5) is 2.65. The standard InChI is InChI=1S/C61H53N/c1-3-17-47(18-4-1)61(48-19-5-2-6-20-48)57-37-50(31-33-54(57)55-32-28-45-15-8-10-22-53(45)59(55)61)62(49-29-26-46(27-30-49)52-23-13-16-44-14-7-9-21-51(44)52)58-25-12-11-24-56(58)60-38-41-34-42(39-60)36-43(35-41)40-60/h1-6,8,10-13,15-20,22-33,37,41-43H,7,9,14,21,34-36,38-40H2. The minimum Gasteiger partial charge on any atom is -0.310 e. The van der Waals surface area contributed by atoms with Gasteiger partial charge in [0.15, 0.2) is 0 Å². The van der Waals surface area contributed by atoms with E-state index >= 15 is 0 Å². The first-order valence-electron chi connectivity index (χ1n) is 23.6. The zero-order valence-electron chi connectivity index (χ0n) is 35.6. The van der Waals surface area contributed by atoms with Crippen LogP contribution < -0.4 is 4.90 Å². The lowest BCUT2D eigenvalue weighted by molar-refractivity contribution is -0.00491. The number of hydrogen-bond donors (Lipinski definition) is 0. The number of anilines is 3. The maximum Gasteiger partial charge on any atom is 0.0720 e. The maximum absolute atomic E-state index is 2.65. The molecule has 1 heteroatoms. The molecule has 0 aliphatic heterocycles. The third-order valence-electron chi connectivity index (χ3n) is 16.3. The van der Waals surface area contributed by atoms with Gasteiger partial charge in [-0.1, -0.05) is 152 Å². The van der Waals surface area contributed by atoms with Crippen LogP contribution in [0, 0.1) is 17.8 Å². The molecule has 0 aromatic heterocycles. The highest BCUT2D eigenvalue weighted by molar-refractivity contribution is 6.01. The van der Waals surface area contributed by atoms with E-state index in [0.717, 1.165) is 17.8 Å². The molecule has 8 aromatic rings. The van der Waals surface area contributed by atoms with Crippen LogP contribution in [0.25, 0.3) is 33.0 Å². The van der Waals surface area contributed by atoms with Gasteiger partial charge in [0.2, 0.25) is 0 Å². The average Bonchev–Trinajstić information content (AvgIpc) is 3.63. The summed E-state index contributed by atoms with van der Waals surface area (Å²) in [7, 11) is 0. The van der Waals surface area contributed by atoms with Gasteiger partial charge in [-0.25, -0.2) is 0 Å². The quantitative estimate of drug-likeness (QED) is 0.155. The highest BCUT2D eigenvalue weighted by atomic mass is 15.1. The highest BCUT2D eigenvalue weighted by Gasteiger charge is 2.53. The Hall–Kier alpha value is -6.18. The van der Waals surface area contributed by atoms with Gasteiger partial charge in [0.25, 0.3) is 0 Å². The molecule has 0 N–H and O–H groups in total. The second-order valence-corrected chi connectivity index (χ2v) is 19.7. The summed E-state index contributed by atoms with van der Waals surface area (Å²) >= 11 is 0. The third-order valence-corrected chi connectivity index (χ3v) is 16.3. The molecule has 1 nitrogen and oxygen atoms in total. The van der Waals surface area contributed by atoms with Crippen molar-refractivity contribution in [2.24, 2.45) is 17.8 Å². The summed E-state index contributed by atoms with van der Waals surface area (Å²) in [5.41, 5.74) is 18.9. The molecule has 0 unspecified atom stereocenters. The van der Waals surface area contributed by atoms with Gasteiger partial charge in [0.05, 0.1) is 5.41 Å². The topological polar surface area (TPSA) is 3.24 Å². The predicted octanol–water partition coefficient (Wildman–Crippen LogP) is 15.7. The van der Waals surface area contributed by atoms with Crippen LogP contribution in [0.15, 0.2) is 182 Å². The van der Waals surface area contributed by atoms with Crippen LogP contribution in [-0.2, 0) is 23.7 Å². The Morgan fingerprint density at radius 3 is 1.82 bits per heavy atom. The van der Waals surface area contributed by atoms with Crippen molar-refractivity contribution < 1.29 is 0 Å². The molecule has 0 spiro atoms. The minimum absolute atomic E-state index is 0.232. The molecular formula is C61H53N. The van der Waals surface area contributed by atoms with Gasteiger partial charge in [-0.3, -0.25) is 0 Å². The minimum atomic E-state index is -0.522. The Bertz CT molecular complexity index is 2920. The van der Waals surface area contributed by atoms with E-state index in [9.17, 15) is 0 Å². The van der Waals surface area contributed by atoms with E-state index in [4.69, 9.17) is 0 Å². The molecule has 62 heavy (non-hydrogen) atoms. The van der Waals surface area contributed by atoms with E-state index in [2.05, 4.69) is 187 Å². The van der Waals surface area contributed by atoms with Crippen LogP contribution in [0.1, 0.15) is 90.3 Å². The first-order valence-corrected chi connectivity index (χ1v) is 23.6.